The summed E-state index contributed by atoms with van der Waals surface area (Å²) in [7, 11) is 0. The Morgan fingerprint density at radius 2 is 1.77 bits per heavy atom. The summed E-state index contributed by atoms with van der Waals surface area (Å²) in [4.78, 5) is 20.3. The molecule has 3 aromatic rings. The van der Waals surface area contributed by atoms with Crippen LogP contribution in [-0.4, -0.2) is 15.9 Å². The summed E-state index contributed by atoms with van der Waals surface area (Å²) in [5.74, 6) is -1.74. The van der Waals surface area contributed by atoms with Gasteiger partial charge in [-0.25, -0.2) is 18.7 Å². The van der Waals surface area contributed by atoms with Gasteiger partial charge in [-0.2, -0.15) is 0 Å². The number of amides is 1. The van der Waals surface area contributed by atoms with Gasteiger partial charge in [-0.1, -0.05) is 12.1 Å². The van der Waals surface area contributed by atoms with E-state index in [0.29, 0.717) is 11.9 Å². The lowest BCUT2D eigenvalue weighted by atomic mass is 10.1. The fourth-order valence-electron chi connectivity index (χ4n) is 2.30. The van der Waals surface area contributed by atoms with Gasteiger partial charge < -0.3 is 10.6 Å². The number of nitrogens with zero attached hydrogens (tertiary/aromatic N) is 2. The smallest absolute Gasteiger partial charge is 0.275 e. The first-order valence-electron chi connectivity index (χ1n) is 7.85. The molecule has 5 nitrogen and oxygen atoms in total. The van der Waals surface area contributed by atoms with Crippen LogP contribution >= 0.6 is 0 Å². The van der Waals surface area contributed by atoms with Gasteiger partial charge in [-0.05, 0) is 43.2 Å². The van der Waals surface area contributed by atoms with Crippen molar-refractivity contribution >= 4 is 23.1 Å². The molecule has 0 spiro atoms. The Balaban J connectivity index is 1.72. The minimum absolute atomic E-state index is 0.0141. The summed E-state index contributed by atoms with van der Waals surface area (Å²) in [5, 5.41) is 5.47. The predicted molar refractivity (Wildman–Crippen MR) is 95.5 cm³/mol. The van der Waals surface area contributed by atoms with Crippen LogP contribution in [0.2, 0.25) is 0 Å². The second-order valence-electron chi connectivity index (χ2n) is 5.81. The highest BCUT2D eigenvalue weighted by atomic mass is 19.1. The van der Waals surface area contributed by atoms with Crippen molar-refractivity contribution in [3.63, 3.8) is 0 Å². The van der Waals surface area contributed by atoms with E-state index in [0.717, 1.165) is 28.9 Å². The molecule has 7 heteroatoms. The van der Waals surface area contributed by atoms with E-state index in [-0.39, 0.29) is 11.4 Å². The molecule has 0 unspecified atom stereocenters. The lowest BCUT2D eigenvalue weighted by molar-refractivity contribution is 0.102. The Bertz CT molecular complexity index is 958. The molecule has 1 amide bonds. The van der Waals surface area contributed by atoms with Gasteiger partial charge in [0, 0.05) is 11.8 Å². The zero-order valence-electron chi connectivity index (χ0n) is 14.2. The van der Waals surface area contributed by atoms with Crippen LogP contribution in [-0.2, 0) is 0 Å². The first-order valence-corrected chi connectivity index (χ1v) is 7.85. The van der Waals surface area contributed by atoms with Crippen LogP contribution in [0.25, 0.3) is 0 Å². The molecular formula is C19H16F2N4O. The maximum absolute atomic E-state index is 13.6. The van der Waals surface area contributed by atoms with Crippen LogP contribution in [0.15, 0.2) is 48.8 Å². The first kappa shape index (κ1) is 17.5. The molecule has 1 heterocycles. The van der Waals surface area contributed by atoms with Gasteiger partial charge in [0.2, 0.25) is 0 Å². The maximum atomic E-state index is 13.6. The number of rotatable bonds is 4. The highest BCUT2D eigenvalue weighted by Gasteiger charge is 2.12. The highest BCUT2D eigenvalue weighted by molar-refractivity contribution is 6.02. The Hall–Kier alpha value is -3.35. The third kappa shape index (κ3) is 4.00. The second-order valence-corrected chi connectivity index (χ2v) is 5.81. The van der Waals surface area contributed by atoms with Crippen LogP contribution in [0.4, 0.5) is 26.0 Å². The molecule has 1 aromatic heterocycles. The average molecular weight is 354 g/mol. The number of carbonyl (C=O) groups excluding carboxylic acids is 1. The van der Waals surface area contributed by atoms with Crippen LogP contribution < -0.4 is 10.6 Å². The quantitative estimate of drug-likeness (QED) is 0.730. The number of aromatic nitrogens is 2. The monoisotopic (exact) mass is 354 g/mol. The van der Waals surface area contributed by atoms with Gasteiger partial charge in [-0.3, -0.25) is 4.79 Å². The fourth-order valence-corrected chi connectivity index (χ4v) is 2.30. The molecule has 0 atom stereocenters. The van der Waals surface area contributed by atoms with Gasteiger partial charge in [0.1, 0.15) is 23.1 Å². The van der Waals surface area contributed by atoms with Crippen LogP contribution in [0, 0.1) is 25.5 Å². The molecule has 0 aliphatic carbocycles. The third-order valence-corrected chi connectivity index (χ3v) is 3.72. The summed E-state index contributed by atoms with van der Waals surface area (Å²) in [6, 6.07) is 8.87. The Labute approximate surface area is 149 Å². The third-order valence-electron chi connectivity index (χ3n) is 3.72. The van der Waals surface area contributed by atoms with Gasteiger partial charge in [0.05, 0.1) is 18.1 Å². The van der Waals surface area contributed by atoms with E-state index < -0.39 is 17.5 Å². The van der Waals surface area contributed by atoms with Gasteiger partial charge >= 0.3 is 0 Å². The number of nitrogens with one attached hydrogen (secondary N) is 2. The van der Waals surface area contributed by atoms with E-state index >= 15 is 0 Å². The van der Waals surface area contributed by atoms with Crippen molar-refractivity contribution in [2.45, 2.75) is 13.8 Å². The maximum Gasteiger partial charge on any atom is 0.275 e. The van der Waals surface area contributed by atoms with Gasteiger partial charge in [-0.15, -0.1) is 0 Å². The molecule has 0 radical (unpaired) electrons. The molecule has 0 fully saturated rings. The average Bonchev–Trinajstić information content (AvgIpc) is 2.61. The van der Waals surface area contributed by atoms with Crippen LogP contribution in [0.1, 0.15) is 21.6 Å². The zero-order valence-corrected chi connectivity index (χ0v) is 14.2. The Kier molecular flexibility index (Phi) is 4.88. The number of hydrogen-bond acceptors (Lipinski definition) is 4. The molecule has 0 bridgehead atoms. The molecule has 0 aliphatic rings. The number of carbonyl (C=O) groups is 1. The zero-order chi connectivity index (χ0) is 18.7. The standard InChI is InChI=1S/C19H16F2N4O/c1-11-3-4-12(2)16(7-11)24-18-10-22-17(9-23-18)19(26)25-15-6-5-13(20)8-14(15)21/h3-10H,1-2H3,(H,23,24)(H,25,26). The lowest BCUT2D eigenvalue weighted by Crippen LogP contribution is -2.15. The Morgan fingerprint density at radius 3 is 2.46 bits per heavy atom. The summed E-state index contributed by atoms with van der Waals surface area (Å²) in [5.41, 5.74) is 2.93. The molecule has 26 heavy (non-hydrogen) atoms. The summed E-state index contributed by atoms with van der Waals surface area (Å²) in [6.07, 6.45) is 2.70. The van der Waals surface area contributed by atoms with E-state index in [4.69, 9.17) is 0 Å². The molecule has 0 saturated heterocycles. The number of hydrogen-bond donors (Lipinski definition) is 2. The normalized spacial score (nSPS) is 10.5. The first-order chi connectivity index (χ1) is 12.4. The molecule has 0 aliphatic heterocycles. The number of benzene rings is 2. The number of anilines is 3. The van der Waals surface area contributed by atoms with Crippen molar-refractivity contribution in [3.8, 4) is 0 Å². The molecule has 2 N–H and O–H groups in total. The summed E-state index contributed by atoms with van der Waals surface area (Å²) >= 11 is 0. The fraction of sp³-hybridized carbons (Fsp3) is 0.105. The highest BCUT2D eigenvalue weighted by Crippen LogP contribution is 2.20. The van der Waals surface area contributed by atoms with Crippen LogP contribution in [0.5, 0.6) is 0 Å². The minimum atomic E-state index is -0.862. The predicted octanol–water partition coefficient (Wildman–Crippen LogP) is 4.37. The van der Waals surface area contributed by atoms with Crippen molar-refractivity contribution < 1.29 is 13.6 Å². The Morgan fingerprint density at radius 1 is 0.962 bits per heavy atom. The van der Waals surface area contributed by atoms with Crippen molar-refractivity contribution in [2.75, 3.05) is 10.6 Å². The summed E-state index contributed by atoms with van der Waals surface area (Å²) in [6.45, 7) is 3.95. The molecule has 2 aromatic carbocycles. The van der Waals surface area contributed by atoms with Crippen molar-refractivity contribution in [1.82, 2.24) is 9.97 Å². The SMILES string of the molecule is Cc1ccc(C)c(Nc2cnc(C(=O)Nc3ccc(F)cc3F)cn2)c1. The van der Waals surface area contributed by atoms with E-state index in [1.807, 2.05) is 32.0 Å². The van der Waals surface area contributed by atoms with Crippen molar-refractivity contribution in [2.24, 2.45) is 0 Å². The van der Waals surface area contributed by atoms with E-state index in [1.54, 1.807) is 0 Å². The molecule has 3 rings (SSSR count). The number of aryl methyl sites for hydroxylation is 2. The summed E-state index contributed by atoms with van der Waals surface area (Å²) < 4.78 is 26.5. The van der Waals surface area contributed by atoms with Crippen LogP contribution in [0.3, 0.4) is 0 Å². The lowest BCUT2D eigenvalue weighted by Gasteiger charge is -2.10. The topological polar surface area (TPSA) is 66.9 Å². The second kappa shape index (κ2) is 7.26. The van der Waals surface area contributed by atoms with Gasteiger partial charge in [0.15, 0.2) is 0 Å². The molecular weight excluding hydrogens is 338 g/mol. The van der Waals surface area contributed by atoms with E-state index in [1.165, 1.54) is 12.4 Å². The van der Waals surface area contributed by atoms with Crippen molar-refractivity contribution in [1.29, 1.82) is 0 Å². The van der Waals surface area contributed by atoms with Crippen molar-refractivity contribution in [3.05, 3.63) is 77.2 Å². The molecule has 132 valence electrons. The van der Waals surface area contributed by atoms with E-state index in [9.17, 15) is 13.6 Å². The molecule has 0 saturated carbocycles. The largest absolute Gasteiger partial charge is 0.339 e. The van der Waals surface area contributed by atoms with Gasteiger partial charge in [0.25, 0.3) is 5.91 Å². The number of halogens is 2. The minimum Gasteiger partial charge on any atom is -0.339 e. The van der Waals surface area contributed by atoms with E-state index in [2.05, 4.69) is 20.6 Å².